The fourth-order valence-electron chi connectivity index (χ4n) is 4.84. The summed E-state index contributed by atoms with van der Waals surface area (Å²) in [5.41, 5.74) is 1.56. The van der Waals surface area contributed by atoms with Gasteiger partial charge in [0.2, 0.25) is 11.8 Å². The van der Waals surface area contributed by atoms with Gasteiger partial charge >= 0.3 is 0 Å². The minimum atomic E-state index is 0.267. The highest BCUT2D eigenvalue weighted by atomic mass is 16.5. The van der Waals surface area contributed by atoms with Crippen LogP contribution in [0.25, 0.3) is 0 Å². The van der Waals surface area contributed by atoms with E-state index in [9.17, 15) is 4.79 Å². The van der Waals surface area contributed by atoms with Crippen molar-refractivity contribution in [1.29, 1.82) is 0 Å². The number of hydrogen-bond donors (Lipinski definition) is 0. The Morgan fingerprint density at radius 2 is 1.97 bits per heavy atom. The third kappa shape index (κ3) is 4.08. The largest absolute Gasteiger partial charge is 0.343 e. The van der Waals surface area contributed by atoms with E-state index in [0.29, 0.717) is 17.8 Å². The Kier molecular flexibility index (Phi) is 4.90. The summed E-state index contributed by atoms with van der Waals surface area (Å²) in [5.74, 6) is 2.15. The zero-order valence-corrected chi connectivity index (χ0v) is 17.2. The van der Waals surface area contributed by atoms with Crippen LogP contribution in [0.4, 0.5) is 0 Å². The molecule has 1 aromatic heterocycles. The predicted octanol–water partition coefficient (Wildman–Crippen LogP) is 3.08. The second-order valence-corrected chi connectivity index (χ2v) is 9.17. The smallest absolute Gasteiger partial charge is 0.240 e. The lowest BCUT2D eigenvalue weighted by atomic mass is 9.90. The van der Waals surface area contributed by atoms with Crippen LogP contribution in [0.3, 0.4) is 0 Å². The molecule has 1 amide bonds. The molecule has 2 saturated carbocycles. The number of amides is 1. The van der Waals surface area contributed by atoms with Crippen LogP contribution >= 0.6 is 0 Å². The minimum Gasteiger partial charge on any atom is -0.343 e. The van der Waals surface area contributed by atoms with Gasteiger partial charge in [-0.1, -0.05) is 35.5 Å². The summed E-state index contributed by atoms with van der Waals surface area (Å²) in [6.07, 6.45) is 7.40. The zero-order chi connectivity index (χ0) is 19.8. The fourth-order valence-corrected chi connectivity index (χ4v) is 4.84. The fraction of sp³-hybridized carbons (Fsp3) is 0.609. The number of rotatable bonds is 7. The van der Waals surface area contributed by atoms with E-state index < -0.39 is 0 Å². The summed E-state index contributed by atoms with van der Waals surface area (Å²) in [6, 6.07) is 10.9. The van der Waals surface area contributed by atoms with Crippen LogP contribution in [-0.4, -0.2) is 52.0 Å². The van der Waals surface area contributed by atoms with Crippen molar-refractivity contribution in [3.63, 3.8) is 0 Å². The number of piperidine rings is 1. The third-order valence-corrected chi connectivity index (χ3v) is 7.13. The van der Waals surface area contributed by atoms with E-state index in [1.807, 2.05) is 18.0 Å². The number of carbonyl (C=O) groups excluding carboxylic acids is 1. The van der Waals surface area contributed by atoms with Gasteiger partial charge in [-0.25, -0.2) is 0 Å². The molecule has 29 heavy (non-hydrogen) atoms. The van der Waals surface area contributed by atoms with Gasteiger partial charge in [0.15, 0.2) is 5.82 Å². The summed E-state index contributed by atoms with van der Waals surface area (Å²) in [4.78, 5) is 21.7. The van der Waals surface area contributed by atoms with E-state index in [-0.39, 0.29) is 11.3 Å². The summed E-state index contributed by atoms with van der Waals surface area (Å²) < 4.78 is 5.48. The molecule has 3 fully saturated rings. The normalized spacial score (nSPS) is 23.3. The van der Waals surface area contributed by atoms with E-state index in [1.54, 1.807) is 0 Å². The average molecular weight is 395 g/mol. The molecular formula is C23H30N4O2. The highest BCUT2D eigenvalue weighted by molar-refractivity contribution is 5.83. The van der Waals surface area contributed by atoms with Gasteiger partial charge in [-0.2, -0.15) is 4.98 Å². The van der Waals surface area contributed by atoms with Crippen molar-refractivity contribution in [2.75, 3.05) is 20.1 Å². The molecule has 6 heteroatoms. The molecule has 1 atom stereocenters. The lowest BCUT2D eigenvalue weighted by molar-refractivity contribution is -0.133. The van der Waals surface area contributed by atoms with Crippen molar-refractivity contribution in [2.24, 2.45) is 11.3 Å². The van der Waals surface area contributed by atoms with Crippen LogP contribution < -0.4 is 0 Å². The lowest BCUT2D eigenvalue weighted by Crippen LogP contribution is -2.37. The molecule has 1 aliphatic heterocycles. The molecule has 6 nitrogen and oxygen atoms in total. The molecule has 0 N–H and O–H groups in total. The van der Waals surface area contributed by atoms with Gasteiger partial charge in [0.05, 0.1) is 6.54 Å². The van der Waals surface area contributed by atoms with Gasteiger partial charge < -0.3 is 9.42 Å². The minimum absolute atomic E-state index is 0.267. The molecule has 1 unspecified atom stereocenters. The number of likely N-dealkylation sites (tertiary alicyclic amines) is 1. The van der Waals surface area contributed by atoms with Crippen molar-refractivity contribution in [3.8, 4) is 0 Å². The summed E-state index contributed by atoms with van der Waals surface area (Å²) >= 11 is 0. The Hall–Kier alpha value is -2.21. The van der Waals surface area contributed by atoms with E-state index >= 15 is 0 Å². The number of nitrogens with zero attached hydrogens (tertiary/aromatic N) is 4. The Bertz CT molecular complexity index is 853. The quantitative estimate of drug-likeness (QED) is 0.722. The van der Waals surface area contributed by atoms with E-state index in [4.69, 9.17) is 4.52 Å². The number of aromatic nitrogens is 2. The maximum Gasteiger partial charge on any atom is 0.240 e. The molecule has 0 bridgehead atoms. The molecule has 1 spiro atoms. The second kappa shape index (κ2) is 7.56. The monoisotopic (exact) mass is 394 g/mol. The highest BCUT2D eigenvalue weighted by Gasteiger charge is 2.59. The van der Waals surface area contributed by atoms with Gasteiger partial charge in [0.25, 0.3) is 0 Å². The van der Waals surface area contributed by atoms with Crippen LogP contribution in [0.5, 0.6) is 0 Å². The van der Waals surface area contributed by atoms with Gasteiger partial charge in [-0.15, -0.1) is 0 Å². The van der Waals surface area contributed by atoms with Crippen molar-refractivity contribution in [1.82, 2.24) is 19.9 Å². The zero-order valence-electron chi connectivity index (χ0n) is 17.2. The maximum atomic E-state index is 12.7. The van der Waals surface area contributed by atoms with Crippen LogP contribution in [0.1, 0.15) is 49.4 Å². The molecule has 0 radical (unpaired) electrons. The highest BCUT2D eigenvalue weighted by Crippen LogP contribution is 2.60. The number of benzene rings is 1. The lowest BCUT2D eigenvalue weighted by Gasteiger charge is -2.32. The SMILES string of the molecule is CN(C(=O)C1CC12CCN(Cc1nc(CCc3ccccc3)no1)CC2)C1CC1. The first-order valence-electron chi connectivity index (χ1n) is 11.0. The standard InChI is InChI=1S/C23H30N4O2/c1-26(18-8-9-18)22(28)19-15-23(19)11-13-27(14-12-23)16-21-24-20(25-29-21)10-7-17-5-3-2-4-6-17/h2-6,18-19H,7-16H2,1H3. The number of carbonyl (C=O) groups is 1. The first-order valence-corrected chi connectivity index (χ1v) is 11.0. The van der Waals surface area contributed by atoms with Crippen LogP contribution in [0.15, 0.2) is 34.9 Å². The Morgan fingerprint density at radius 1 is 1.21 bits per heavy atom. The molecule has 2 heterocycles. The molecule has 2 aliphatic carbocycles. The first-order chi connectivity index (χ1) is 14.1. The molecule has 2 aromatic rings. The topological polar surface area (TPSA) is 62.5 Å². The van der Waals surface area contributed by atoms with Crippen LogP contribution in [0, 0.1) is 11.3 Å². The van der Waals surface area contributed by atoms with E-state index in [2.05, 4.69) is 39.3 Å². The second-order valence-electron chi connectivity index (χ2n) is 9.17. The average Bonchev–Trinajstić information content (AvgIpc) is 3.67. The van der Waals surface area contributed by atoms with E-state index in [0.717, 1.165) is 57.6 Å². The Morgan fingerprint density at radius 3 is 2.69 bits per heavy atom. The summed E-state index contributed by atoms with van der Waals surface area (Å²) in [5, 5.41) is 4.15. The van der Waals surface area contributed by atoms with Gasteiger partial charge in [-0.3, -0.25) is 9.69 Å². The number of aryl methyl sites for hydroxylation is 2. The molecule has 3 aliphatic rings. The number of hydrogen-bond acceptors (Lipinski definition) is 5. The van der Waals surface area contributed by atoms with Crippen molar-refractivity contribution in [2.45, 2.75) is 57.5 Å². The van der Waals surface area contributed by atoms with Gasteiger partial charge in [0, 0.05) is 25.4 Å². The molecule has 1 aromatic carbocycles. The van der Waals surface area contributed by atoms with E-state index in [1.165, 1.54) is 18.4 Å². The van der Waals surface area contributed by atoms with Crippen LogP contribution in [0.2, 0.25) is 0 Å². The third-order valence-electron chi connectivity index (χ3n) is 7.13. The van der Waals surface area contributed by atoms with Gasteiger partial charge in [-0.05, 0) is 62.6 Å². The van der Waals surface area contributed by atoms with Crippen molar-refractivity contribution < 1.29 is 9.32 Å². The Balaban J connectivity index is 1.08. The summed E-state index contributed by atoms with van der Waals surface area (Å²) in [6.45, 7) is 2.74. The summed E-state index contributed by atoms with van der Waals surface area (Å²) in [7, 11) is 1.99. The predicted molar refractivity (Wildman–Crippen MR) is 109 cm³/mol. The Labute approximate surface area is 172 Å². The maximum absolute atomic E-state index is 12.7. The van der Waals surface area contributed by atoms with Crippen LogP contribution in [-0.2, 0) is 24.2 Å². The molecule has 5 rings (SSSR count). The van der Waals surface area contributed by atoms with Crippen molar-refractivity contribution in [3.05, 3.63) is 47.6 Å². The van der Waals surface area contributed by atoms with Crippen molar-refractivity contribution >= 4 is 5.91 Å². The first kappa shape index (κ1) is 18.8. The van der Waals surface area contributed by atoms with Gasteiger partial charge in [0.1, 0.15) is 0 Å². The molecular weight excluding hydrogens is 364 g/mol. The molecule has 1 saturated heterocycles. The molecule has 154 valence electrons.